The third-order valence-corrected chi connectivity index (χ3v) is 5.18. The molecule has 0 bridgehead atoms. The van der Waals surface area contributed by atoms with Crippen LogP contribution in [0.4, 0.5) is 0 Å². The number of carbonyl (C=O) groups excluding carboxylic acids is 1. The maximum absolute atomic E-state index is 13.1. The van der Waals surface area contributed by atoms with Gasteiger partial charge in [0.25, 0.3) is 0 Å². The molecule has 4 aromatic rings. The third-order valence-electron chi connectivity index (χ3n) is 4.22. The smallest absolute Gasteiger partial charge is 0.345 e. The minimum Gasteiger partial charge on any atom is -0.461 e. The van der Waals surface area contributed by atoms with E-state index in [1.807, 2.05) is 0 Å². The van der Waals surface area contributed by atoms with Crippen molar-refractivity contribution in [3.63, 3.8) is 0 Å². The van der Waals surface area contributed by atoms with Gasteiger partial charge in [-0.2, -0.15) is 0 Å². The van der Waals surface area contributed by atoms with E-state index in [9.17, 15) is 9.59 Å². The molecule has 0 spiro atoms. The fraction of sp³-hybridized carbons (Fsp3) is 0.0476. The molecule has 5 nitrogen and oxygen atoms in total. The molecule has 0 aliphatic rings. The molecule has 0 unspecified atom stereocenters. The van der Waals surface area contributed by atoms with Gasteiger partial charge in [0.05, 0.1) is 22.2 Å². The Labute approximate surface area is 179 Å². The molecule has 0 saturated carbocycles. The third kappa shape index (κ3) is 3.65. The van der Waals surface area contributed by atoms with E-state index in [-0.39, 0.29) is 38.8 Å². The van der Waals surface area contributed by atoms with Crippen LogP contribution in [0.3, 0.4) is 0 Å². The van der Waals surface area contributed by atoms with Crippen LogP contribution in [0.5, 0.6) is 5.75 Å². The Hall–Kier alpha value is -2.73. The highest BCUT2D eigenvalue weighted by atomic mass is 35.5. The van der Waals surface area contributed by atoms with Crippen molar-refractivity contribution < 1.29 is 18.4 Å². The van der Waals surface area contributed by atoms with Gasteiger partial charge in [0.15, 0.2) is 5.76 Å². The van der Waals surface area contributed by atoms with Gasteiger partial charge in [-0.05, 0) is 55.0 Å². The Morgan fingerprint density at radius 1 is 1.03 bits per heavy atom. The van der Waals surface area contributed by atoms with E-state index in [4.69, 9.17) is 48.4 Å². The zero-order valence-corrected chi connectivity index (χ0v) is 17.1. The molecule has 0 amide bonds. The number of esters is 1. The maximum Gasteiger partial charge on any atom is 0.345 e. The van der Waals surface area contributed by atoms with Crippen LogP contribution < -0.4 is 10.2 Å². The Bertz CT molecular complexity index is 1310. The number of furan rings is 1. The predicted molar refractivity (Wildman–Crippen MR) is 111 cm³/mol. The van der Waals surface area contributed by atoms with Gasteiger partial charge >= 0.3 is 5.97 Å². The molecular weight excluding hydrogens is 439 g/mol. The number of hydrogen-bond donors (Lipinski definition) is 0. The monoisotopic (exact) mass is 448 g/mol. The second kappa shape index (κ2) is 7.59. The number of rotatable bonds is 3. The molecule has 2 aromatic heterocycles. The van der Waals surface area contributed by atoms with Crippen LogP contribution >= 0.6 is 34.8 Å². The lowest BCUT2D eigenvalue weighted by molar-refractivity contribution is 0.0731. The Kier molecular flexibility index (Phi) is 5.13. The number of benzene rings is 2. The lowest BCUT2D eigenvalue weighted by Gasteiger charge is -2.10. The largest absolute Gasteiger partial charge is 0.461 e. The second-order valence-corrected chi connectivity index (χ2v) is 7.43. The summed E-state index contributed by atoms with van der Waals surface area (Å²) < 4.78 is 16.6. The number of halogens is 3. The minimum absolute atomic E-state index is 0.0207. The first-order chi connectivity index (χ1) is 13.8. The summed E-state index contributed by atoms with van der Waals surface area (Å²) in [7, 11) is 0. The van der Waals surface area contributed by atoms with Crippen LogP contribution in [0.1, 0.15) is 15.9 Å². The summed E-state index contributed by atoms with van der Waals surface area (Å²) in [6.45, 7) is 1.78. The van der Waals surface area contributed by atoms with Gasteiger partial charge in [-0.15, -0.1) is 0 Å². The summed E-state index contributed by atoms with van der Waals surface area (Å²) in [6, 6.07) is 10.6. The van der Waals surface area contributed by atoms with E-state index in [1.165, 1.54) is 30.5 Å². The lowest BCUT2D eigenvalue weighted by atomic mass is 10.1. The van der Waals surface area contributed by atoms with Crippen LogP contribution in [0, 0.1) is 6.92 Å². The number of carbonyl (C=O) groups is 1. The molecule has 0 saturated heterocycles. The first-order valence-electron chi connectivity index (χ1n) is 8.33. The zero-order chi connectivity index (χ0) is 20.7. The van der Waals surface area contributed by atoms with Crippen LogP contribution in [0.25, 0.3) is 22.5 Å². The number of fused-ring (bicyclic) bond motifs is 1. The lowest BCUT2D eigenvalue weighted by Crippen LogP contribution is -2.16. The highest BCUT2D eigenvalue weighted by Gasteiger charge is 2.24. The summed E-state index contributed by atoms with van der Waals surface area (Å²) in [5.41, 5.74) is 0.485. The van der Waals surface area contributed by atoms with Gasteiger partial charge in [0, 0.05) is 10.0 Å². The van der Waals surface area contributed by atoms with E-state index in [2.05, 4.69) is 0 Å². The van der Waals surface area contributed by atoms with Crippen molar-refractivity contribution in [2.24, 2.45) is 0 Å². The van der Waals surface area contributed by atoms with E-state index in [1.54, 1.807) is 25.1 Å². The predicted octanol–water partition coefficient (Wildman–Crippen LogP) is 6.54. The number of ether oxygens (including phenoxy) is 1. The molecule has 0 aliphatic carbocycles. The average Bonchev–Trinajstić information content (AvgIpc) is 3.20. The number of hydrogen-bond acceptors (Lipinski definition) is 5. The molecule has 2 aromatic carbocycles. The van der Waals surface area contributed by atoms with Crippen molar-refractivity contribution in [2.45, 2.75) is 6.92 Å². The quantitative estimate of drug-likeness (QED) is 0.332. The van der Waals surface area contributed by atoms with Crippen molar-refractivity contribution in [1.29, 1.82) is 0 Å². The van der Waals surface area contributed by atoms with Crippen molar-refractivity contribution >= 4 is 51.7 Å². The SMILES string of the molecule is Cc1cc2oc(-c3ccco3)c(OC(=O)c3ccc(Cl)cc3Cl)c(=O)c2cc1Cl. The van der Waals surface area contributed by atoms with Crippen LogP contribution in [-0.2, 0) is 0 Å². The maximum atomic E-state index is 13.1. The summed E-state index contributed by atoms with van der Waals surface area (Å²) >= 11 is 18.1. The Morgan fingerprint density at radius 2 is 1.83 bits per heavy atom. The molecule has 0 aliphatic heterocycles. The van der Waals surface area contributed by atoms with Crippen molar-refractivity contribution in [3.8, 4) is 17.3 Å². The first kappa shape index (κ1) is 19.6. The second-order valence-electron chi connectivity index (χ2n) is 6.18. The van der Waals surface area contributed by atoms with E-state index in [0.29, 0.717) is 10.0 Å². The molecule has 0 atom stereocenters. The summed E-state index contributed by atoms with van der Waals surface area (Å²) in [5.74, 6) is -0.970. The molecule has 29 heavy (non-hydrogen) atoms. The Balaban J connectivity index is 1.91. The molecule has 8 heteroatoms. The highest BCUT2D eigenvalue weighted by Crippen LogP contribution is 2.34. The molecule has 146 valence electrons. The molecule has 0 fully saturated rings. The van der Waals surface area contributed by atoms with Gasteiger partial charge < -0.3 is 13.6 Å². The van der Waals surface area contributed by atoms with Crippen molar-refractivity contribution in [3.05, 3.63) is 85.1 Å². The topological polar surface area (TPSA) is 69.7 Å². The van der Waals surface area contributed by atoms with E-state index >= 15 is 0 Å². The van der Waals surface area contributed by atoms with Crippen LogP contribution in [0.15, 0.2) is 62.4 Å². The van der Waals surface area contributed by atoms with Gasteiger partial charge in [-0.25, -0.2) is 4.79 Å². The highest BCUT2D eigenvalue weighted by molar-refractivity contribution is 6.36. The average molecular weight is 450 g/mol. The summed E-state index contributed by atoms with van der Waals surface area (Å²) in [6.07, 6.45) is 1.41. The zero-order valence-electron chi connectivity index (χ0n) is 14.8. The summed E-state index contributed by atoms with van der Waals surface area (Å²) in [5, 5.41) is 0.999. The fourth-order valence-corrected chi connectivity index (χ4v) is 3.41. The van der Waals surface area contributed by atoms with Gasteiger partial charge in [0.2, 0.25) is 16.9 Å². The van der Waals surface area contributed by atoms with Crippen LogP contribution in [0.2, 0.25) is 15.1 Å². The van der Waals surface area contributed by atoms with Crippen LogP contribution in [-0.4, -0.2) is 5.97 Å². The molecular formula is C21H11Cl3O5. The fourth-order valence-electron chi connectivity index (χ4n) is 2.76. The van der Waals surface area contributed by atoms with Crippen molar-refractivity contribution in [1.82, 2.24) is 0 Å². The van der Waals surface area contributed by atoms with Gasteiger partial charge in [-0.3, -0.25) is 4.79 Å². The van der Waals surface area contributed by atoms with Gasteiger partial charge in [-0.1, -0.05) is 34.8 Å². The molecule has 2 heterocycles. The van der Waals surface area contributed by atoms with Gasteiger partial charge in [0.1, 0.15) is 5.58 Å². The number of aryl methyl sites for hydroxylation is 1. The minimum atomic E-state index is -0.843. The molecule has 0 radical (unpaired) electrons. The van der Waals surface area contributed by atoms with E-state index in [0.717, 1.165) is 5.56 Å². The molecule has 0 N–H and O–H groups in total. The normalized spacial score (nSPS) is 11.0. The standard InChI is InChI=1S/C21H11Cl3O5/c1-10-7-17-13(9-14(10)23)18(25)20(19(28-17)16-3-2-6-27-16)29-21(26)12-5-4-11(22)8-15(12)24/h2-9H,1H3. The first-order valence-corrected chi connectivity index (χ1v) is 9.46. The Morgan fingerprint density at radius 3 is 2.52 bits per heavy atom. The van der Waals surface area contributed by atoms with E-state index < -0.39 is 11.4 Å². The molecule has 4 rings (SSSR count). The van der Waals surface area contributed by atoms with Crippen molar-refractivity contribution in [2.75, 3.05) is 0 Å². The summed E-state index contributed by atoms with van der Waals surface area (Å²) in [4.78, 5) is 25.8.